The maximum atomic E-state index is 6.33. The van der Waals surface area contributed by atoms with Crippen LogP contribution < -0.4 is 4.90 Å². The molecule has 45 heavy (non-hydrogen) atoms. The van der Waals surface area contributed by atoms with E-state index >= 15 is 0 Å². The smallest absolute Gasteiger partial charge is 0.227 e. The Balaban J connectivity index is 1.29. The summed E-state index contributed by atoms with van der Waals surface area (Å²) >= 11 is 0. The summed E-state index contributed by atoms with van der Waals surface area (Å²) in [6, 6.07) is 54.5. The fourth-order valence-electron chi connectivity index (χ4n) is 6.35. The van der Waals surface area contributed by atoms with Crippen LogP contribution in [0.25, 0.3) is 66.4 Å². The van der Waals surface area contributed by atoms with Crippen molar-refractivity contribution in [1.82, 2.24) is 4.98 Å². The topological polar surface area (TPSA) is 42.4 Å². The van der Waals surface area contributed by atoms with Crippen LogP contribution in [-0.4, -0.2) is 4.98 Å². The summed E-state index contributed by atoms with van der Waals surface area (Å²) < 4.78 is 12.5. The fraction of sp³-hybridized carbons (Fsp3) is 0. The molecule has 9 aromatic rings. The molecule has 2 aromatic heterocycles. The van der Waals surface area contributed by atoms with Crippen molar-refractivity contribution in [2.45, 2.75) is 0 Å². The molecule has 4 heteroatoms. The molecule has 0 aliphatic rings. The van der Waals surface area contributed by atoms with Gasteiger partial charge in [0.2, 0.25) is 5.89 Å². The van der Waals surface area contributed by atoms with Crippen LogP contribution in [0.1, 0.15) is 0 Å². The second kappa shape index (κ2) is 10.2. The Morgan fingerprint density at radius 3 is 1.93 bits per heavy atom. The van der Waals surface area contributed by atoms with Gasteiger partial charge in [-0.25, -0.2) is 4.98 Å². The molecule has 0 aliphatic heterocycles. The van der Waals surface area contributed by atoms with E-state index in [2.05, 4.69) is 108 Å². The lowest BCUT2D eigenvalue weighted by Gasteiger charge is -2.27. The van der Waals surface area contributed by atoms with Gasteiger partial charge < -0.3 is 13.7 Å². The van der Waals surface area contributed by atoms with Gasteiger partial charge in [-0.3, -0.25) is 0 Å². The fourth-order valence-corrected chi connectivity index (χ4v) is 6.35. The number of benzene rings is 7. The van der Waals surface area contributed by atoms with Gasteiger partial charge in [0.1, 0.15) is 16.7 Å². The molecule has 0 bridgehead atoms. The lowest BCUT2D eigenvalue weighted by molar-refractivity contribution is 0.620. The van der Waals surface area contributed by atoms with Crippen LogP contribution in [0.2, 0.25) is 0 Å². The summed E-state index contributed by atoms with van der Waals surface area (Å²) in [7, 11) is 0. The summed E-state index contributed by atoms with van der Waals surface area (Å²) in [5.41, 5.74) is 9.72. The number of oxazole rings is 1. The van der Waals surface area contributed by atoms with Gasteiger partial charge in [0.25, 0.3) is 0 Å². The predicted molar refractivity (Wildman–Crippen MR) is 184 cm³/mol. The normalized spacial score (nSPS) is 11.6. The SMILES string of the molecule is c1ccc(-c2ccc(N(c3ccc4oc5ccccc5c4c3)c3cccc4ccc5oc(-c6ccccc6)nc5c34)cc2)cc1. The minimum atomic E-state index is 0.609. The van der Waals surface area contributed by atoms with Gasteiger partial charge in [-0.2, -0.15) is 0 Å². The van der Waals surface area contributed by atoms with E-state index in [1.807, 2.05) is 54.6 Å². The van der Waals surface area contributed by atoms with Crippen molar-refractivity contribution in [1.29, 1.82) is 0 Å². The molecule has 2 heterocycles. The summed E-state index contributed by atoms with van der Waals surface area (Å²) in [6.45, 7) is 0. The van der Waals surface area contributed by atoms with Gasteiger partial charge in [0, 0.05) is 33.1 Å². The van der Waals surface area contributed by atoms with E-state index in [4.69, 9.17) is 13.8 Å². The summed E-state index contributed by atoms with van der Waals surface area (Å²) in [5, 5.41) is 4.30. The molecule has 0 saturated heterocycles. The summed E-state index contributed by atoms with van der Waals surface area (Å²) in [5.74, 6) is 0.609. The third-order valence-corrected chi connectivity index (χ3v) is 8.49. The molecule has 0 atom stereocenters. The van der Waals surface area contributed by atoms with Crippen molar-refractivity contribution in [3.05, 3.63) is 158 Å². The third kappa shape index (κ3) is 4.27. The highest BCUT2D eigenvalue weighted by Gasteiger charge is 2.21. The molecule has 0 spiro atoms. The second-order valence-corrected chi connectivity index (χ2v) is 11.2. The number of furan rings is 1. The first-order valence-electron chi connectivity index (χ1n) is 15.0. The van der Waals surface area contributed by atoms with Gasteiger partial charge in [0.05, 0.1) is 5.69 Å². The monoisotopic (exact) mass is 578 g/mol. The van der Waals surface area contributed by atoms with Gasteiger partial charge in [0.15, 0.2) is 5.58 Å². The maximum absolute atomic E-state index is 6.33. The molecule has 0 radical (unpaired) electrons. The Labute approximate surface area is 259 Å². The van der Waals surface area contributed by atoms with Crippen molar-refractivity contribution < 1.29 is 8.83 Å². The van der Waals surface area contributed by atoms with Gasteiger partial charge in [-0.1, -0.05) is 97.1 Å². The maximum Gasteiger partial charge on any atom is 0.227 e. The molecule has 0 N–H and O–H groups in total. The van der Waals surface area contributed by atoms with Gasteiger partial charge >= 0.3 is 0 Å². The minimum absolute atomic E-state index is 0.609. The van der Waals surface area contributed by atoms with E-state index in [1.54, 1.807) is 0 Å². The average Bonchev–Trinajstić information content (AvgIpc) is 3.72. The zero-order chi connectivity index (χ0) is 29.7. The molecule has 212 valence electrons. The summed E-state index contributed by atoms with van der Waals surface area (Å²) in [6.07, 6.45) is 0. The molecule has 9 rings (SSSR count). The Bertz CT molecular complexity index is 2480. The number of nitrogens with zero attached hydrogens (tertiary/aromatic N) is 2. The Kier molecular flexibility index (Phi) is 5.78. The number of hydrogen-bond acceptors (Lipinski definition) is 4. The number of hydrogen-bond donors (Lipinski definition) is 0. The molecule has 0 aliphatic carbocycles. The first-order valence-corrected chi connectivity index (χ1v) is 15.0. The Morgan fingerprint density at radius 2 is 1.11 bits per heavy atom. The first-order chi connectivity index (χ1) is 22.3. The molecule has 0 fully saturated rings. The molecule has 4 nitrogen and oxygen atoms in total. The van der Waals surface area contributed by atoms with Crippen LogP contribution in [-0.2, 0) is 0 Å². The highest BCUT2D eigenvalue weighted by Crippen LogP contribution is 2.44. The van der Waals surface area contributed by atoms with Crippen LogP contribution in [0.5, 0.6) is 0 Å². The number of aromatic nitrogens is 1. The molecular formula is C41H26N2O2. The molecule has 7 aromatic carbocycles. The summed E-state index contributed by atoms with van der Waals surface area (Å²) in [4.78, 5) is 7.38. The van der Waals surface area contributed by atoms with Crippen LogP contribution in [0.4, 0.5) is 17.1 Å². The molecular weight excluding hydrogens is 552 g/mol. The first kappa shape index (κ1) is 25.4. The standard InChI is InChI=1S/C41H26N2O2/c1-3-10-27(11-4-1)28-18-21-31(22-19-28)43(32-23-25-37-34(26-32)33-15-7-8-17-36(33)44-37)35-16-9-14-29-20-24-38-40(39(29)35)42-41(45-38)30-12-5-2-6-13-30/h1-26H. The van der Waals surface area contributed by atoms with E-state index in [0.717, 1.165) is 66.4 Å². The van der Waals surface area contributed by atoms with Crippen molar-refractivity contribution in [3.8, 4) is 22.6 Å². The molecule has 0 unspecified atom stereocenters. The predicted octanol–water partition coefficient (Wildman–Crippen LogP) is 11.7. The zero-order valence-corrected chi connectivity index (χ0v) is 24.2. The van der Waals surface area contributed by atoms with E-state index in [-0.39, 0.29) is 0 Å². The van der Waals surface area contributed by atoms with Crippen molar-refractivity contribution >= 4 is 60.9 Å². The van der Waals surface area contributed by atoms with Crippen molar-refractivity contribution in [2.75, 3.05) is 4.90 Å². The minimum Gasteiger partial charge on any atom is -0.456 e. The van der Waals surface area contributed by atoms with Crippen LogP contribution >= 0.6 is 0 Å². The lowest BCUT2D eigenvalue weighted by Crippen LogP contribution is -2.10. The lowest BCUT2D eigenvalue weighted by atomic mass is 10.0. The molecule has 0 saturated carbocycles. The Hall–Kier alpha value is -6.13. The molecule has 0 amide bonds. The van der Waals surface area contributed by atoms with Crippen molar-refractivity contribution in [3.63, 3.8) is 0 Å². The highest BCUT2D eigenvalue weighted by molar-refractivity contribution is 6.13. The zero-order valence-electron chi connectivity index (χ0n) is 24.2. The largest absolute Gasteiger partial charge is 0.456 e. The van der Waals surface area contributed by atoms with Crippen molar-refractivity contribution in [2.24, 2.45) is 0 Å². The van der Waals surface area contributed by atoms with E-state index in [1.165, 1.54) is 11.1 Å². The van der Waals surface area contributed by atoms with Crippen LogP contribution in [0, 0.1) is 0 Å². The van der Waals surface area contributed by atoms with Crippen LogP contribution in [0.15, 0.2) is 167 Å². The highest BCUT2D eigenvalue weighted by atomic mass is 16.3. The van der Waals surface area contributed by atoms with Gasteiger partial charge in [-0.15, -0.1) is 0 Å². The van der Waals surface area contributed by atoms with Gasteiger partial charge in [-0.05, 0) is 77.2 Å². The number of fused-ring (bicyclic) bond motifs is 6. The average molecular weight is 579 g/mol. The third-order valence-electron chi connectivity index (χ3n) is 8.49. The number of rotatable bonds is 5. The van der Waals surface area contributed by atoms with E-state index in [9.17, 15) is 0 Å². The van der Waals surface area contributed by atoms with E-state index < -0.39 is 0 Å². The van der Waals surface area contributed by atoms with E-state index in [0.29, 0.717) is 5.89 Å². The Morgan fingerprint density at radius 1 is 0.444 bits per heavy atom. The number of para-hydroxylation sites is 1. The number of anilines is 3. The van der Waals surface area contributed by atoms with Crippen LogP contribution in [0.3, 0.4) is 0 Å². The second-order valence-electron chi connectivity index (χ2n) is 11.2. The quantitative estimate of drug-likeness (QED) is 0.204.